The monoisotopic (exact) mass is 310 g/mol. The Kier molecular flexibility index (Phi) is 4.70. The number of piperidine rings is 1. The van der Waals surface area contributed by atoms with Gasteiger partial charge in [-0.15, -0.1) is 0 Å². The molecule has 1 fully saturated rings. The Morgan fingerprint density at radius 1 is 1.20 bits per heavy atom. The van der Waals surface area contributed by atoms with Crippen molar-refractivity contribution in [3.05, 3.63) is 24.3 Å². The van der Waals surface area contributed by atoms with Gasteiger partial charge in [0.05, 0.1) is 15.7 Å². The molecule has 0 N–H and O–H groups in total. The summed E-state index contributed by atoms with van der Waals surface area (Å²) >= 11 is 4.53. The quantitative estimate of drug-likeness (QED) is 0.637. The Balaban J connectivity index is 2.27. The molecule has 1 aliphatic heterocycles. The highest BCUT2D eigenvalue weighted by molar-refractivity contribution is 7.89. The van der Waals surface area contributed by atoms with Gasteiger partial charge in [0.2, 0.25) is 10.0 Å². The summed E-state index contributed by atoms with van der Waals surface area (Å²) in [5, 5.41) is 2.27. The van der Waals surface area contributed by atoms with E-state index < -0.39 is 10.0 Å². The van der Waals surface area contributed by atoms with Gasteiger partial charge in [-0.1, -0.05) is 13.8 Å². The van der Waals surface area contributed by atoms with Crippen LogP contribution in [0.5, 0.6) is 0 Å². The smallest absolute Gasteiger partial charge is 0.207 e. The number of aliphatic imine (C=N–C) groups is 1. The van der Waals surface area contributed by atoms with Gasteiger partial charge in [-0.2, -0.15) is 9.30 Å². The molecule has 1 aromatic rings. The zero-order valence-electron chi connectivity index (χ0n) is 11.6. The average Bonchev–Trinajstić information content (AvgIpc) is 2.38. The largest absolute Gasteiger partial charge is 0.243 e. The van der Waals surface area contributed by atoms with E-state index in [-0.39, 0.29) is 0 Å². The maximum absolute atomic E-state index is 12.6. The van der Waals surface area contributed by atoms with E-state index >= 15 is 0 Å². The molecule has 0 radical (unpaired) electrons. The lowest BCUT2D eigenvalue weighted by molar-refractivity contribution is 0.222. The van der Waals surface area contributed by atoms with E-state index in [1.165, 1.54) is 0 Å². The van der Waals surface area contributed by atoms with Gasteiger partial charge >= 0.3 is 0 Å². The molecule has 2 rings (SSSR count). The number of isothiocyanates is 1. The second kappa shape index (κ2) is 6.14. The number of thiocarbonyl (C=S) groups is 1. The van der Waals surface area contributed by atoms with E-state index in [0.29, 0.717) is 35.5 Å². The first kappa shape index (κ1) is 15.3. The van der Waals surface area contributed by atoms with Crippen molar-refractivity contribution < 1.29 is 8.42 Å². The zero-order valence-corrected chi connectivity index (χ0v) is 13.2. The van der Waals surface area contributed by atoms with Crippen molar-refractivity contribution in [2.75, 3.05) is 13.1 Å². The maximum atomic E-state index is 12.6. The third-order valence-corrected chi connectivity index (χ3v) is 5.42. The summed E-state index contributed by atoms with van der Waals surface area (Å²) in [6.07, 6.45) is 1.08. The van der Waals surface area contributed by atoms with Crippen LogP contribution in [0.4, 0.5) is 5.69 Å². The van der Waals surface area contributed by atoms with Gasteiger partial charge in [0.25, 0.3) is 0 Å². The molecule has 1 aromatic carbocycles. The summed E-state index contributed by atoms with van der Waals surface area (Å²) < 4.78 is 26.8. The van der Waals surface area contributed by atoms with Gasteiger partial charge in [-0.25, -0.2) is 8.42 Å². The lowest BCUT2D eigenvalue weighted by Crippen LogP contribution is -2.42. The molecule has 0 saturated carbocycles. The molecule has 6 heteroatoms. The number of rotatable bonds is 3. The van der Waals surface area contributed by atoms with E-state index in [0.717, 1.165) is 6.42 Å². The summed E-state index contributed by atoms with van der Waals surface area (Å²) in [6.45, 7) is 5.36. The third-order valence-electron chi connectivity index (χ3n) is 3.48. The molecule has 20 heavy (non-hydrogen) atoms. The minimum Gasteiger partial charge on any atom is -0.207 e. The first-order chi connectivity index (χ1) is 9.43. The predicted molar refractivity (Wildman–Crippen MR) is 82.8 cm³/mol. The predicted octanol–water partition coefficient (Wildman–Crippen LogP) is 3.09. The minimum atomic E-state index is -3.41. The molecule has 2 unspecified atom stereocenters. The summed E-state index contributed by atoms with van der Waals surface area (Å²) in [6, 6.07) is 6.43. The molecule has 0 aromatic heterocycles. The normalized spacial score (nSPS) is 24.1. The first-order valence-corrected chi connectivity index (χ1v) is 8.46. The van der Waals surface area contributed by atoms with Crippen molar-refractivity contribution in [3.8, 4) is 0 Å². The highest BCUT2D eigenvalue weighted by Crippen LogP contribution is 2.27. The number of hydrogen-bond donors (Lipinski definition) is 0. The Morgan fingerprint density at radius 2 is 1.75 bits per heavy atom. The Hall–Kier alpha value is -1.07. The molecule has 108 valence electrons. The van der Waals surface area contributed by atoms with E-state index in [2.05, 4.69) is 36.2 Å². The van der Waals surface area contributed by atoms with Gasteiger partial charge in [0, 0.05) is 13.1 Å². The molecule has 4 nitrogen and oxygen atoms in total. The highest BCUT2D eigenvalue weighted by atomic mass is 32.2. The number of hydrogen-bond acceptors (Lipinski definition) is 4. The van der Waals surface area contributed by atoms with Crippen LogP contribution in [0, 0.1) is 11.8 Å². The molecular formula is C14H18N2O2S2. The Bertz CT molecular complexity index is 609. The van der Waals surface area contributed by atoms with E-state index in [4.69, 9.17) is 0 Å². The molecule has 1 saturated heterocycles. The van der Waals surface area contributed by atoms with Crippen LogP contribution in [0.25, 0.3) is 0 Å². The highest BCUT2D eigenvalue weighted by Gasteiger charge is 2.31. The van der Waals surface area contributed by atoms with Crippen molar-refractivity contribution in [2.45, 2.75) is 25.2 Å². The molecule has 0 spiro atoms. The van der Waals surface area contributed by atoms with Crippen molar-refractivity contribution >= 4 is 33.1 Å². The van der Waals surface area contributed by atoms with Gasteiger partial charge in [0.15, 0.2) is 0 Å². The summed E-state index contributed by atoms with van der Waals surface area (Å²) in [4.78, 5) is 4.13. The third kappa shape index (κ3) is 3.33. The van der Waals surface area contributed by atoms with Gasteiger partial charge in [-0.05, 0) is 54.7 Å². The van der Waals surface area contributed by atoms with Gasteiger partial charge in [-0.3, -0.25) is 0 Å². The standard InChI is InChI=1S/C14H18N2O2S2/c1-11-7-12(2)9-16(8-11)20(17,18)14-5-3-13(4-6-14)15-10-19/h3-6,11-12H,7-9H2,1-2H3. The fourth-order valence-corrected chi connectivity index (χ4v) is 4.48. The average molecular weight is 310 g/mol. The first-order valence-electron chi connectivity index (χ1n) is 6.61. The molecule has 2 atom stereocenters. The lowest BCUT2D eigenvalue weighted by atomic mass is 9.94. The fourth-order valence-electron chi connectivity index (χ4n) is 2.70. The molecule has 1 heterocycles. The maximum Gasteiger partial charge on any atom is 0.243 e. The van der Waals surface area contributed by atoms with Crippen molar-refractivity contribution in [1.29, 1.82) is 0 Å². The summed E-state index contributed by atoms with van der Waals surface area (Å²) in [7, 11) is -3.41. The van der Waals surface area contributed by atoms with Crippen LogP contribution in [0.3, 0.4) is 0 Å². The van der Waals surface area contributed by atoms with Crippen LogP contribution in [-0.2, 0) is 10.0 Å². The zero-order chi connectivity index (χ0) is 14.8. The summed E-state index contributed by atoms with van der Waals surface area (Å²) in [5.41, 5.74) is 0.610. The van der Waals surface area contributed by atoms with Crippen LogP contribution >= 0.6 is 12.2 Å². The van der Waals surface area contributed by atoms with E-state index in [1.54, 1.807) is 28.6 Å². The van der Waals surface area contributed by atoms with Crippen LogP contribution in [-0.4, -0.2) is 31.0 Å². The Labute approximate surface area is 125 Å². The molecule has 0 bridgehead atoms. The van der Waals surface area contributed by atoms with Crippen LogP contribution in [0.1, 0.15) is 20.3 Å². The number of benzene rings is 1. The Morgan fingerprint density at radius 3 is 2.25 bits per heavy atom. The van der Waals surface area contributed by atoms with Crippen molar-refractivity contribution in [3.63, 3.8) is 0 Å². The fraction of sp³-hybridized carbons (Fsp3) is 0.500. The molecule has 0 aliphatic carbocycles. The topological polar surface area (TPSA) is 49.7 Å². The van der Waals surface area contributed by atoms with Crippen molar-refractivity contribution in [1.82, 2.24) is 4.31 Å². The second-order valence-electron chi connectivity index (χ2n) is 5.47. The van der Waals surface area contributed by atoms with Crippen LogP contribution < -0.4 is 0 Å². The SMILES string of the molecule is CC1CC(C)CN(S(=O)(=O)c2ccc(N=C=S)cc2)C1. The number of nitrogens with zero attached hydrogens (tertiary/aromatic N) is 2. The second-order valence-corrected chi connectivity index (χ2v) is 7.59. The summed E-state index contributed by atoms with van der Waals surface area (Å²) in [5.74, 6) is 0.791. The molecule has 1 aliphatic rings. The lowest BCUT2D eigenvalue weighted by Gasteiger charge is -2.34. The van der Waals surface area contributed by atoms with E-state index in [9.17, 15) is 8.42 Å². The van der Waals surface area contributed by atoms with Gasteiger partial charge in [0.1, 0.15) is 0 Å². The van der Waals surface area contributed by atoms with Gasteiger partial charge < -0.3 is 0 Å². The van der Waals surface area contributed by atoms with Crippen LogP contribution in [0.2, 0.25) is 0 Å². The molecular weight excluding hydrogens is 292 g/mol. The van der Waals surface area contributed by atoms with Crippen molar-refractivity contribution in [2.24, 2.45) is 16.8 Å². The van der Waals surface area contributed by atoms with E-state index in [1.807, 2.05) is 0 Å². The van der Waals surface area contributed by atoms with Crippen LogP contribution in [0.15, 0.2) is 34.2 Å². The number of sulfonamides is 1. The minimum absolute atomic E-state index is 0.308. The molecule has 0 amide bonds.